The summed E-state index contributed by atoms with van der Waals surface area (Å²) in [6.45, 7) is 2.06. The second kappa shape index (κ2) is 6.76. The summed E-state index contributed by atoms with van der Waals surface area (Å²) in [5, 5.41) is 10.5. The molecule has 122 valence electrons. The molecule has 7 heteroatoms. The second-order valence-electron chi connectivity index (χ2n) is 5.71. The zero-order valence-electron chi connectivity index (χ0n) is 13.1. The van der Waals surface area contributed by atoms with Crippen molar-refractivity contribution in [3.63, 3.8) is 0 Å². The third-order valence-corrected chi connectivity index (χ3v) is 4.04. The van der Waals surface area contributed by atoms with Crippen molar-refractivity contribution in [2.45, 2.75) is 18.9 Å². The van der Waals surface area contributed by atoms with E-state index in [1.54, 1.807) is 6.33 Å². The van der Waals surface area contributed by atoms with Gasteiger partial charge in [-0.2, -0.15) is 5.10 Å². The number of benzene rings is 1. The summed E-state index contributed by atoms with van der Waals surface area (Å²) in [4.78, 5) is 13.1. The normalized spacial score (nSPS) is 17.1. The van der Waals surface area contributed by atoms with E-state index in [0.29, 0.717) is 18.3 Å². The van der Waals surface area contributed by atoms with Gasteiger partial charge in [-0.1, -0.05) is 30.3 Å². The maximum atomic E-state index is 5.42. The minimum absolute atomic E-state index is 0.364. The van der Waals surface area contributed by atoms with Gasteiger partial charge in [0.2, 0.25) is 0 Å². The van der Waals surface area contributed by atoms with Crippen LogP contribution in [0.25, 0.3) is 11.4 Å². The molecule has 1 atom stereocenters. The van der Waals surface area contributed by atoms with Gasteiger partial charge in [-0.3, -0.25) is 5.10 Å². The molecule has 0 unspecified atom stereocenters. The molecule has 0 radical (unpaired) electrons. The first kappa shape index (κ1) is 14.8. The lowest BCUT2D eigenvalue weighted by molar-refractivity contribution is 0.193. The number of nitrogens with zero attached hydrogens (tertiary/aromatic N) is 4. The molecule has 1 saturated heterocycles. The van der Waals surface area contributed by atoms with Gasteiger partial charge < -0.3 is 10.1 Å². The van der Waals surface area contributed by atoms with Gasteiger partial charge in [0.1, 0.15) is 18.0 Å². The number of hydrogen-bond acceptors (Lipinski definition) is 6. The highest BCUT2D eigenvalue weighted by atomic mass is 16.5. The van der Waals surface area contributed by atoms with Gasteiger partial charge in [-0.25, -0.2) is 15.0 Å². The minimum Gasteiger partial charge on any atom is -0.381 e. The van der Waals surface area contributed by atoms with Crippen molar-refractivity contribution >= 4 is 5.82 Å². The minimum atomic E-state index is 0.364. The molecule has 1 aliphatic heterocycles. The van der Waals surface area contributed by atoms with Crippen molar-refractivity contribution in [3.05, 3.63) is 54.2 Å². The molecule has 0 bridgehead atoms. The number of hydrogen-bond donors (Lipinski definition) is 2. The Labute approximate surface area is 139 Å². The average Bonchev–Trinajstić information content (AvgIpc) is 3.33. The summed E-state index contributed by atoms with van der Waals surface area (Å²) in [5.74, 6) is 2.60. The van der Waals surface area contributed by atoms with E-state index in [2.05, 4.69) is 30.5 Å². The van der Waals surface area contributed by atoms with Crippen molar-refractivity contribution in [2.75, 3.05) is 18.5 Å². The van der Waals surface area contributed by atoms with Gasteiger partial charge in [0.05, 0.1) is 18.8 Å². The second-order valence-corrected chi connectivity index (χ2v) is 5.71. The van der Waals surface area contributed by atoms with Crippen LogP contribution in [0.1, 0.15) is 23.9 Å². The standard InChI is InChI=1S/C17H18N6O/c1-2-4-12(5-3-1)17-21-16(22-23-17)9-18-15-8-14(19-11-20-15)13-6-7-24-10-13/h1-5,8,11,13H,6-7,9-10H2,(H,18,19,20)(H,21,22,23)/t13-/m0/s1. The predicted octanol–water partition coefficient (Wildman–Crippen LogP) is 2.38. The molecular formula is C17H18N6O. The summed E-state index contributed by atoms with van der Waals surface area (Å²) >= 11 is 0. The molecule has 0 amide bonds. The van der Waals surface area contributed by atoms with E-state index in [0.717, 1.165) is 42.5 Å². The van der Waals surface area contributed by atoms with Crippen molar-refractivity contribution in [2.24, 2.45) is 0 Å². The first-order valence-electron chi connectivity index (χ1n) is 7.99. The Morgan fingerprint density at radius 1 is 1.21 bits per heavy atom. The molecule has 4 rings (SSSR count). The molecule has 0 spiro atoms. The number of nitrogens with one attached hydrogen (secondary N) is 2. The van der Waals surface area contributed by atoms with Crippen LogP contribution < -0.4 is 5.32 Å². The molecule has 3 heterocycles. The maximum Gasteiger partial charge on any atom is 0.181 e. The number of aromatic amines is 1. The van der Waals surface area contributed by atoms with Crippen LogP contribution in [0.5, 0.6) is 0 Å². The summed E-state index contributed by atoms with van der Waals surface area (Å²) in [7, 11) is 0. The lowest BCUT2D eigenvalue weighted by atomic mass is 10.1. The monoisotopic (exact) mass is 322 g/mol. The van der Waals surface area contributed by atoms with E-state index in [1.165, 1.54) is 0 Å². The van der Waals surface area contributed by atoms with E-state index in [-0.39, 0.29) is 0 Å². The quantitative estimate of drug-likeness (QED) is 0.750. The largest absolute Gasteiger partial charge is 0.381 e. The Bertz CT molecular complexity index is 798. The lowest BCUT2D eigenvalue weighted by Gasteiger charge is -2.09. The van der Waals surface area contributed by atoms with Crippen LogP contribution in [0.2, 0.25) is 0 Å². The zero-order chi connectivity index (χ0) is 16.2. The number of ether oxygens (including phenoxy) is 1. The first-order chi connectivity index (χ1) is 11.9. The zero-order valence-corrected chi connectivity index (χ0v) is 13.1. The molecule has 1 aromatic carbocycles. The number of rotatable bonds is 5. The molecule has 0 aliphatic carbocycles. The molecule has 0 saturated carbocycles. The van der Waals surface area contributed by atoms with Gasteiger partial charge in [0.25, 0.3) is 0 Å². The van der Waals surface area contributed by atoms with Gasteiger partial charge >= 0.3 is 0 Å². The Hall–Kier alpha value is -2.80. The third kappa shape index (κ3) is 3.26. The van der Waals surface area contributed by atoms with Crippen molar-refractivity contribution in [1.29, 1.82) is 0 Å². The Morgan fingerprint density at radius 3 is 2.96 bits per heavy atom. The fraction of sp³-hybridized carbons (Fsp3) is 0.294. The van der Waals surface area contributed by atoms with Crippen LogP contribution in [-0.2, 0) is 11.3 Å². The van der Waals surface area contributed by atoms with E-state index >= 15 is 0 Å². The molecule has 2 N–H and O–H groups in total. The maximum absolute atomic E-state index is 5.42. The van der Waals surface area contributed by atoms with E-state index in [9.17, 15) is 0 Å². The van der Waals surface area contributed by atoms with Gasteiger partial charge in [0, 0.05) is 24.2 Å². The average molecular weight is 322 g/mol. The summed E-state index contributed by atoms with van der Waals surface area (Å²) in [6.07, 6.45) is 2.60. The van der Waals surface area contributed by atoms with Crippen LogP contribution in [-0.4, -0.2) is 38.4 Å². The highest BCUT2D eigenvalue weighted by molar-refractivity contribution is 5.53. The smallest absolute Gasteiger partial charge is 0.181 e. The highest BCUT2D eigenvalue weighted by Crippen LogP contribution is 2.24. The molecule has 2 aromatic heterocycles. The number of H-pyrrole nitrogens is 1. The molecule has 24 heavy (non-hydrogen) atoms. The molecule has 7 nitrogen and oxygen atoms in total. The van der Waals surface area contributed by atoms with E-state index in [1.807, 2.05) is 36.4 Å². The fourth-order valence-corrected chi connectivity index (χ4v) is 2.73. The number of aromatic nitrogens is 5. The van der Waals surface area contributed by atoms with Crippen LogP contribution in [0.4, 0.5) is 5.82 Å². The first-order valence-corrected chi connectivity index (χ1v) is 7.99. The number of anilines is 1. The van der Waals surface area contributed by atoms with Gasteiger partial charge in [-0.05, 0) is 6.42 Å². The van der Waals surface area contributed by atoms with Crippen LogP contribution in [0.15, 0.2) is 42.7 Å². The van der Waals surface area contributed by atoms with Crippen LogP contribution in [0, 0.1) is 0 Å². The lowest BCUT2D eigenvalue weighted by Crippen LogP contribution is -2.06. The fourth-order valence-electron chi connectivity index (χ4n) is 2.73. The molecule has 1 aliphatic rings. The Balaban J connectivity index is 1.42. The highest BCUT2D eigenvalue weighted by Gasteiger charge is 2.19. The van der Waals surface area contributed by atoms with Crippen LogP contribution >= 0.6 is 0 Å². The van der Waals surface area contributed by atoms with E-state index < -0.39 is 0 Å². The molecule has 3 aromatic rings. The van der Waals surface area contributed by atoms with Gasteiger partial charge in [-0.15, -0.1) is 0 Å². The van der Waals surface area contributed by atoms with Crippen molar-refractivity contribution in [3.8, 4) is 11.4 Å². The SMILES string of the molecule is c1ccc(-c2n[nH]c(CNc3cc([C@H]4CCOC4)ncn3)n2)cc1. The summed E-state index contributed by atoms with van der Waals surface area (Å²) in [5.41, 5.74) is 2.01. The third-order valence-electron chi connectivity index (χ3n) is 4.04. The van der Waals surface area contributed by atoms with Crippen LogP contribution in [0.3, 0.4) is 0 Å². The summed E-state index contributed by atoms with van der Waals surface area (Å²) in [6, 6.07) is 11.9. The molecular weight excluding hydrogens is 304 g/mol. The predicted molar refractivity (Wildman–Crippen MR) is 89.4 cm³/mol. The van der Waals surface area contributed by atoms with Gasteiger partial charge in [0.15, 0.2) is 5.82 Å². The van der Waals surface area contributed by atoms with E-state index in [4.69, 9.17) is 4.74 Å². The topological polar surface area (TPSA) is 88.6 Å². The molecule has 1 fully saturated rings. The van der Waals surface area contributed by atoms with Crippen molar-refractivity contribution in [1.82, 2.24) is 25.1 Å². The Kier molecular flexibility index (Phi) is 4.16. The Morgan fingerprint density at radius 2 is 2.12 bits per heavy atom. The summed E-state index contributed by atoms with van der Waals surface area (Å²) < 4.78 is 5.42. The van der Waals surface area contributed by atoms with Crippen molar-refractivity contribution < 1.29 is 4.74 Å².